The Morgan fingerprint density at radius 3 is 2.72 bits per heavy atom. The van der Waals surface area contributed by atoms with E-state index in [1.165, 1.54) is 0 Å². The van der Waals surface area contributed by atoms with Crippen molar-refractivity contribution in [2.45, 2.75) is 6.10 Å². The molecule has 6 heteroatoms. The molecule has 5 nitrogen and oxygen atoms in total. The number of benzene rings is 1. The topological polar surface area (TPSA) is 70.6 Å². The van der Waals surface area contributed by atoms with Crippen LogP contribution in [0.2, 0.25) is 0 Å². The lowest BCUT2D eigenvalue weighted by atomic mass is 10.1. The molecule has 1 amide bonds. The van der Waals surface area contributed by atoms with Crippen molar-refractivity contribution in [3.05, 3.63) is 29.8 Å². The van der Waals surface area contributed by atoms with Crippen LogP contribution < -0.4 is 15.4 Å². The molecule has 0 aliphatic carbocycles. The SMILES string of the molecule is CNCC(=O)NCC(O)c1ccccc1OC.Cl. The summed E-state index contributed by atoms with van der Waals surface area (Å²) in [5, 5.41) is 15.3. The average Bonchev–Trinajstić information content (AvgIpc) is 2.36. The van der Waals surface area contributed by atoms with E-state index in [2.05, 4.69) is 10.6 Å². The molecule has 0 radical (unpaired) electrons. The van der Waals surface area contributed by atoms with Crippen LogP contribution in [0.4, 0.5) is 0 Å². The minimum atomic E-state index is -0.771. The van der Waals surface area contributed by atoms with E-state index in [4.69, 9.17) is 4.74 Å². The Morgan fingerprint density at radius 1 is 1.44 bits per heavy atom. The number of methoxy groups -OCH3 is 1. The molecule has 0 saturated carbocycles. The summed E-state index contributed by atoms with van der Waals surface area (Å²) in [6.07, 6.45) is -0.771. The zero-order chi connectivity index (χ0) is 12.7. The highest BCUT2D eigenvalue weighted by Gasteiger charge is 2.13. The summed E-state index contributed by atoms with van der Waals surface area (Å²) in [7, 11) is 3.24. The van der Waals surface area contributed by atoms with Gasteiger partial charge in [-0.3, -0.25) is 4.79 Å². The van der Waals surface area contributed by atoms with Crippen molar-refractivity contribution in [1.29, 1.82) is 0 Å². The van der Waals surface area contributed by atoms with Gasteiger partial charge in [-0.05, 0) is 13.1 Å². The molecule has 102 valence electrons. The van der Waals surface area contributed by atoms with Crippen molar-refractivity contribution < 1.29 is 14.6 Å². The van der Waals surface area contributed by atoms with Crippen LogP contribution >= 0.6 is 12.4 Å². The predicted octanol–water partition coefficient (Wildman–Crippen LogP) is 0.486. The first-order valence-corrected chi connectivity index (χ1v) is 5.41. The largest absolute Gasteiger partial charge is 0.496 e. The third-order valence-electron chi connectivity index (χ3n) is 2.33. The van der Waals surface area contributed by atoms with Crippen LogP contribution in [-0.2, 0) is 4.79 Å². The number of para-hydroxylation sites is 1. The number of ether oxygens (including phenoxy) is 1. The number of nitrogens with one attached hydrogen (secondary N) is 2. The number of rotatable bonds is 6. The summed E-state index contributed by atoms with van der Waals surface area (Å²) < 4.78 is 5.14. The number of amides is 1. The van der Waals surface area contributed by atoms with Crippen molar-refractivity contribution in [1.82, 2.24) is 10.6 Å². The molecule has 1 aromatic carbocycles. The van der Waals surface area contributed by atoms with Crippen molar-refractivity contribution in [2.75, 3.05) is 27.2 Å². The Morgan fingerprint density at radius 2 is 2.11 bits per heavy atom. The summed E-state index contributed by atoms with van der Waals surface area (Å²) >= 11 is 0. The fourth-order valence-electron chi connectivity index (χ4n) is 1.49. The molecule has 0 aliphatic heterocycles. The number of hydrogen-bond donors (Lipinski definition) is 3. The zero-order valence-corrected chi connectivity index (χ0v) is 11.3. The van der Waals surface area contributed by atoms with Crippen LogP contribution in [0.5, 0.6) is 5.75 Å². The van der Waals surface area contributed by atoms with E-state index in [-0.39, 0.29) is 31.4 Å². The highest BCUT2D eigenvalue weighted by molar-refractivity contribution is 5.85. The molecule has 0 saturated heterocycles. The van der Waals surface area contributed by atoms with Crippen LogP contribution in [0, 0.1) is 0 Å². The molecule has 3 N–H and O–H groups in total. The van der Waals surface area contributed by atoms with Gasteiger partial charge in [-0.25, -0.2) is 0 Å². The fourth-order valence-corrected chi connectivity index (χ4v) is 1.49. The molecule has 0 aromatic heterocycles. The molecule has 18 heavy (non-hydrogen) atoms. The van der Waals surface area contributed by atoms with Gasteiger partial charge in [0.2, 0.25) is 5.91 Å². The molecule has 1 rings (SSSR count). The molecule has 1 aromatic rings. The molecule has 0 aliphatic rings. The van der Waals surface area contributed by atoms with E-state index in [1.807, 2.05) is 12.1 Å². The van der Waals surface area contributed by atoms with E-state index in [0.717, 1.165) is 0 Å². The van der Waals surface area contributed by atoms with Crippen molar-refractivity contribution in [3.63, 3.8) is 0 Å². The highest BCUT2D eigenvalue weighted by atomic mass is 35.5. The Labute approximate surface area is 113 Å². The maximum atomic E-state index is 11.2. The van der Waals surface area contributed by atoms with Gasteiger partial charge in [0.25, 0.3) is 0 Å². The monoisotopic (exact) mass is 274 g/mol. The number of aliphatic hydroxyl groups excluding tert-OH is 1. The summed E-state index contributed by atoms with van der Waals surface area (Å²) in [6.45, 7) is 0.402. The Balaban J connectivity index is 0.00000289. The molecule has 0 heterocycles. The molecular weight excluding hydrogens is 256 g/mol. The van der Waals surface area contributed by atoms with Gasteiger partial charge in [-0.2, -0.15) is 0 Å². The molecular formula is C12H19ClN2O3. The number of likely N-dealkylation sites (N-methyl/N-ethyl adjacent to an activating group) is 1. The van der Waals surface area contributed by atoms with E-state index in [0.29, 0.717) is 11.3 Å². The van der Waals surface area contributed by atoms with Gasteiger partial charge in [-0.1, -0.05) is 18.2 Å². The first kappa shape index (κ1) is 16.7. The Hall–Kier alpha value is -1.30. The fraction of sp³-hybridized carbons (Fsp3) is 0.417. The van der Waals surface area contributed by atoms with Crippen molar-refractivity contribution in [2.24, 2.45) is 0 Å². The first-order valence-electron chi connectivity index (χ1n) is 5.41. The van der Waals surface area contributed by atoms with E-state index < -0.39 is 6.10 Å². The Bertz CT molecular complexity index is 374. The summed E-state index contributed by atoms with van der Waals surface area (Å²) in [5.41, 5.74) is 0.666. The van der Waals surface area contributed by atoms with Gasteiger partial charge in [0.1, 0.15) is 5.75 Å². The first-order chi connectivity index (χ1) is 8.19. The van der Waals surface area contributed by atoms with Gasteiger partial charge < -0.3 is 20.5 Å². The predicted molar refractivity (Wildman–Crippen MR) is 72.1 cm³/mol. The van der Waals surface area contributed by atoms with Crippen LogP contribution in [0.15, 0.2) is 24.3 Å². The second kappa shape index (κ2) is 8.74. The minimum absolute atomic E-state index is 0. The quantitative estimate of drug-likeness (QED) is 0.706. The standard InChI is InChI=1S/C12H18N2O3.ClH/c1-13-8-12(16)14-7-10(15)9-5-3-4-6-11(9)17-2;/h3-6,10,13,15H,7-8H2,1-2H3,(H,14,16);1H. The van der Waals surface area contributed by atoms with Gasteiger partial charge in [0.05, 0.1) is 19.8 Å². The van der Waals surface area contributed by atoms with Crippen LogP contribution in [0.3, 0.4) is 0 Å². The van der Waals surface area contributed by atoms with Crippen LogP contribution in [-0.4, -0.2) is 38.3 Å². The molecule has 1 atom stereocenters. The van der Waals surface area contributed by atoms with Crippen molar-refractivity contribution >= 4 is 18.3 Å². The molecule has 0 bridgehead atoms. The number of carbonyl (C=O) groups excluding carboxylic acids is 1. The lowest BCUT2D eigenvalue weighted by Gasteiger charge is -2.15. The van der Waals surface area contributed by atoms with Gasteiger partial charge in [0, 0.05) is 12.1 Å². The van der Waals surface area contributed by atoms with Crippen LogP contribution in [0.1, 0.15) is 11.7 Å². The van der Waals surface area contributed by atoms with E-state index in [9.17, 15) is 9.90 Å². The Kier molecular flexibility index (Phi) is 8.11. The number of hydrogen-bond acceptors (Lipinski definition) is 4. The third kappa shape index (κ3) is 4.91. The normalized spacial score (nSPS) is 11.3. The number of carbonyl (C=O) groups is 1. The van der Waals surface area contributed by atoms with Crippen LogP contribution in [0.25, 0.3) is 0 Å². The summed E-state index contributed by atoms with van der Waals surface area (Å²) in [4.78, 5) is 11.2. The second-order valence-corrected chi connectivity index (χ2v) is 3.59. The smallest absolute Gasteiger partial charge is 0.234 e. The maximum Gasteiger partial charge on any atom is 0.234 e. The van der Waals surface area contributed by atoms with Crippen molar-refractivity contribution in [3.8, 4) is 5.75 Å². The van der Waals surface area contributed by atoms with Gasteiger partial charge >= 0.3 is 0 Å². The molecule has 1 unspecified atom stereocenters. The maximum absolute atomic E-state index is 11.2. The highest BCUT2D eigenvalue weighted by Crippen LogP contribution is 2.23. The minimum Gasteiger partial charge on any atom is -0.496 e. The molecule has 0 spiro atoms. The summed E-state index contributed by atoms with van der Waals surface area (Å²) in [6, 6.07) is 7.19. The second-order valence-electron chi connectivity index (χ2n) is 3.59. The van der Waals surface area contributed by atoms with E-state index >= 15 is 0 Å². The van der Waals surface area contributed by atoms with Gasteiger partial charge in [-0.15, -0.1) is 12.4 Å². The number of halogens is 1. The average molecular weight is 275 g/mol. The van der Waals surface area contributed by atoms with Gasteiger partial charge in [0.15, 0.2) is 0 Å². The van der Waals surface area contributed by atoms with E-state index in [1.54, 1.807) is 26.3 Å². The summed E-state index contributed by atoms with van der Waals surface area (Å²) in [5.74, 6) is 0.462. The lowest BCUT2D eigenvalue weighted by Crippen LogP contribution is -2.34. The third-order valence-corrected chi connectivity index (χ3v) is 2.33. The molecule has 0 fully saturated rings. The zero-order valence-electron chi connectivity index (χ0n) is 10.5. The number of aliphatic hydroxyl groups is 1. The lowest BCUT2D eigenvalue weighted by molar-refractivity contribution is -0.120.